The number of carbonyl (C=O) groups is 1. The summed E-state index contributed by atoms with van der Waals surface area (Å²) in [5.41, 5.74) is -8.38. The Bertz CT molecular complexity index is 723. The Hall–Kier alpha value is -1.98. The Morgan fingerprint density at radius 1 is 1.12 bits per heavy atom. The monoisotopic (exact) mass is 394 g/mol. The highest BCUT2D eigenvalue weighted by Gasteiger charge is 2.49. The quantitative estimate of drug-likeness (QED) is 0.241. The van der Waals surface area contributed by atoms with Gasteiger partial charge >= 0.3 is 27.8 Å². The minimum absolute atomic E-state index is 0.0581. The number of hydrogen-bond donors (Lipinski definition) is 0. The third kappa shape index (κ3) is 5.51. The predicted molar refractivity (Wildman–Crippen MR) is 72.2 cm³/mol. The fourth-order valence-corrected chi connectivity index (χ4v) is 1.99. The second-order valence-electron chi connectivity index (χ2n) is 4.68. The number of esters is 1. The summed E-state index contributed by atoms with van der Waals surface area (Å²) in [6, 6.07) is 1.14. The van der Waals surface area contributed by atoms with Gasteiger partial charge in [-0.3, -0.25) is 0 Å². The van der Waals surface area contributed by atoms with Crippen LogP contribution in [0.25, 0.3) is 0 Å². The Morgan fingerprint density at radius 2 is 1.72 bits per heavy atom. The molecule has 1 aromatic rings. The van der Waals surface area contributed by atoms with Crippen molar-refractivity contribution in [3.05, 3.63) is 29.3 Å². The van der Waals surface area contributed by atoms with Gasteiger partial charge in [-0.15, -0.1) is 0 Å². The average Bonchev–Trinajstić information content (AvgIpc) is 2.45. The molecule has 0 heterocycles. The maximum absolute atomic E-state index is 13.0. The first-order valence-corrected chi connectivity index (χ1v) is 8.09. The topological polar surface area (TPSA) is 69.7 Å². The summed E-state index contributed by atoms with van der Waals surface area (Å²) in [5, 5.41) is 0. The second kappa shape index (κ2) is 7.50. The highest BCUT2D eigenvalue weighted by Crippen LogP contribution is 2.39. The van der Waals surface area contributed by atoms with E-state index in [-0.39, 0.29) is 12.7 Å². The fraction of sp³-hybridized carbons (Fsp3) is 0.462. The van der Waals surface area contributed by atoms with Crippen LogP contribution < -0.4 is 4.18 Å². The van der Waals surface area contributed by atoms with Crippen LogP contribution in [0.1, 0.15) is 35.7 Å². The smallest absolute Gasteiger partial charge is 0.462 e. The molecule has 0 radical (unpaired) electrons. The summed E-state index contributed by atoms with van der Waals surface area (Å²) < 4.78 is 106. The Labute approximate surface area is 138 Å². The van der Waals surface area contributed by atoms with Gasteiger partial charge in [-0.25, -0.2) is 4.79 Å². The molecule has 12 heteroatoms. The zero-order valence-corrected chi connectivity index (χ0v) is 13.4. The molecule has 25 heavy (non-hydrogen) atoms. The largest absolute Gasteiger partial charge is 0.534 e. The standard InChI is InChI=1S/C13H12F6O5S/c1-2-3-6-23-11(20)8-4-5-10(9(7-8)12(14,15)16)24-25(21,22)13(17,18)19/h4-5,7H,2-3,6H2,1H3. The van der Waals surface area contributed by atoms with Crippen molar-refractivity contribution in [2.45, 2.75) is 31.5 Å². The van der Waals surface area contributed by atoms with Crippen molar-refractivity contribution in [2.24, 2.45) is 0 Å². The van der Waals surface area contributed by atoms with Gasteiger partial charge in [0.15, 0.2) is 5.75 Å². The zero-order chi connectivity index (χ0) is 19.5. The molecule has 5 nitrogen and oxygen atoms in total. The molecule has 1 aromatic carbocycles. The van der Waals surface area contributed by atoms with Crippen LogP contribution in [-0.4, -0.2) is 26.5 Å². The van der Waals surface area contributed by atoms with E-state index in [0.29, 0.717) is 25.0 Å². The molecule has 0 aliphatic carbocycles. The van der Waals surface area contributed by atoms with Crippen LogP contribution in [-0.2, 0) is 21.0 Å². The summed E-state index contributed by atoms with van der Waals surface area (Å²) >= 11 is 0. The summed E-state index contributed by atoms with van der Waals surface area (Å²) in [4.78, 5) is 11.6. The first-order valence-electron chi connectivity index (χ1n) is 6.68. The number of unbranched alkanes of at least 4 members (excludes halogenated alkanes) is 1. The van der Waals surface area contributed by atoms with Crippen LogP contribution >= 0.6 is 0 Å². The number of rotatable bonds is 6. The van der Waals surface area contributed by atoms with E-state index < -0.39 is 44.6 Å². The molecule has 0 N–H and O–H groups in total. The number of benzene rings is 1. The molecule has 0 spiro atoms. The van der Waals surface area contributed by atoms with E-state index in [0.717, 1.165) is 0 Å². The van der Waals surface area contributed by atoms with Crippen LogP contribution in [0, 0.1) is 0 Å². The van der Waals surface area contributed by atoms with Crippen LogP contribution in [0.3, 0.4) is 0 Å². The Kier molecular flexibility index (Phi) is 6.32. The van der Waals surface area contributed by atoms with Gasteiger partial charge in [0.2, 0.25) is 0 Å². The van der Waals surface area contributed by atoms with Crippen LogP contribution in [0.5, 0.6) is 5.75 Å². The van der Waals surface area contributed by atoms with Crippen LogP contribution in [0.15, 0.2) is 18.2 Å². The van der Waals surface area contributed by atoms with E-state index in [1.807, 2.05) is 0 Å². The van der Waals surface area contributed by atoms with Crippen molar-refractivity contribution < 1.29 is 48.5 Å². The number of halogens is 6. The lowest BCUT2D eigenvalue weighted by molar-refractivity contribution is -0.138. The highest BCUT2D eigenvalue weighted by atomic mass is 32.2. The zero-order valence-electron chi connectivity index (χ0n) is 12.6. The molecule has 0 aliphatic rings. The molecule has 0 saturated heterocycles. The van der Waals surface area contributed by atoms with Crippen molar-refractivity contribution in [1.82, 2.24) is 0 Å². The Morgan fingerprint density at radius 3 is 2.20 bits per heavy atom. The van der Waals surface area contributed by atoms with E-state index in [2.05, 4.69) is 8.92 Å². The van der Waals surface area contributed by atoms with Gasteiger partial charge in [0.05, 0.1) is 12.2 Å². The second-order valence-corrected chi connectivity index (χ2v) is 6.22. The molecule has 0 fully saturated rings. The molecule has 0 unspecified atom stereocenters. The van der Waals surface area contributed by atoms with Crippen molar-refractivity contribution in [3.63, 3.8) is 0 Å². The summed E-state index contributed by atoms with van der Waals surface area (Å²) in [6.07, 6.45) is -4.15. The minimum atomic E-state index is -6.30. The van der Waals surface area contributed by atoms with Crippen molar-refractivity contribution in [2.75, 3.05) is 6.61 Å². The number of carbonyl (C=O) groups excluding carboxylic acids is 1. The molecule has 0 amide bonds. The van der Waals surface area contributed by atoms with Gasteiger partial charge in [-0.05, 0) is 24.6 Å². The maximum atomic E-state index is 13.0. The molecular formula is C13H12F6O5S. The number of ether oxygens (including phenoxy) is 1. The SMILES string of the molecule is CCCCOC(=O)c1ccc(OS(=O)(=O)C(F)(F)F)c(C(F)(F)F)c1. The van der Waals surface area contributed by atoms with E-state index in [4.69, 9.17) is 0 Å². The Balaban J connectivity index is 3.23. The number of hydrogen-bond acceptors (Lipinski definition) is 5. The van der Waals surface area contributed by atoms with Gasteiger partial charge in [-0.1, -0.05) is 13.3 Å². The third-order valence-corrected chi connectivity index (χ3v) is 3.70. The van der Waals surface area contributed by atoms with E-state index >= 15 is 0 Å². The highest BCUT2D eigenvalue weighted by molar-refractivity contribution is 7.88. The molecular weight excluding hydrogens is 382 g/mol. The average molecular weight is 394 g/mol. The molecule has 0 atom stereocenters. The van der Waals surface area contributed by atoms with E-state index in [1.54, 1.807) is 6.92 Å². The molecule has 0 saturated carbocycles. The van der Waals surface area contributed by atoms with Crippen LogP contribution in [0.4, 0.5) is 26.3 Å². The first-order chi connectivity index (χ1) is 11.3. The van der Waals surface area contributed by atoms with Gasteiger partial charge in [-0.2, -0.15) is 34.8 Å². The molecule has 0 aliphatic heterocycles. The normalized spacial score (nSPS) is 12.8. The van der Waals surface area contributed by atoms with Crippen molar-refractivity contribution in [1.29, 1.82) is 0 Å². The lowest BCUT2D eigenvalue weighted by Gasteiger charge is -2.15. The van der Waals surface area contributed by atoms with Gasteiger partial charge in [0.1, 0.15) is 5.56 Å². The van der Waals surface area contributed by atoms with Crippen molar-refractivity contribution >= 4 is 16.1 Å². The molecule has 0 aromatic heterocycles. The van der Waals surface area contributed by atoms with Gasteiger partial charge in [0.25, 0.3) is 0 Å². The molecule has 0 bridgehead atoms. The number of alkyl halides is 6. The van der Waals surface area contributed by atoms with Crippen LogP contribution in [0.2, 0.25) is 0 Å². The first kappa shape index (κ1) is 21.1. The maximum Gasteiger partial charge on any atom is 0.534 e. The third-order valence-electron chi connectivity index (χ3n) is 2.73. The molecule has 142 valence electrons. The van der Waals surface area contributed by atoms with Gasteiger partial charge < -0.3 is 8.92 Å². The lowest BCUT2D eigenvalue weighted by atomic mass is 10.1. The summed E-state index contributed by atoms with van der Waals surface area (Å²) in [7, 11) is -6.30. The summed E-state index contributed by atoms with van der Waals surface area (Å²) in [6.45, 7) is 1.72. The van der Waals surface area contributed by atoms with E-state index in [9.17, 15) is 39.6 Å². The minimum Gasteiger partial charge on any atom is -0.462 e. The fourth-order valence-electron chi connectivity index (χ4n) is 1.51. The van der Waals surface area contributed by atoms with E-state index in [1.165, 1.54) is 0 Å². The van der Waals surface area contributed by atoms with Gasteiger partial charge in [0, 0.05) is 0 Å². The van der Waals surface area contributed by atoms with Crippen molar-refractivity contribution in [3.8, 4) is 5.75 Å². The predicted octanol–water partition coefficient (Wildman–Crippen LogP) is 3.89. The summed E-state index contributed by atoms with van der Waals surface area (Å²) in [5.74, 6) is -2.74. The lowest BCUT2D eigenvalue weighted by Crippen LogP contribution is -2.29. The molecule has 1 rings (SSSR count).